The predicted molar refractivity (Wildman–Crippen MR) is 123 cm³/mol. The lowest BCUT2D eigenvalue weighted by atomic mass is 9.93. The molecular formula is C24H24N4O2S. The zero-order chi connectivity index (χ0) is 21.8. The second kappa shape index (κ2) is 9.22. The number of rotatable bonds is 7. The molecule has 4 rings (SSSR count). The second-order valence-corrected chi connectivity index (χ2v) is 8.19. The number of aromatic nitrogens is 3. The van der Waals surface area contributed by atoms with Crippen LogP contribution in [0, 0.1) is 6.92 Å². The van der Waals surface area contributed by atoms with Crippen molar-refractivity contribution in [3.63, 3.8) is 0 Å². The molecule has 0 spiro atoms. The molecule has 0 saturated carbocycles. The van der Waals surface area contributed by atoms with Gasteiger partial charge in [-0.15, -0.1) is 5.10 Å². The highest BCUT2D eigenvalue weighted by atomic mass is 32.2. The molecule has 6 nitrogen and oxygen atoms in total. The van der Waals surface area contributed by atoms with Gasteiger partial charge in [-0.1, -0.05) is 79.0 Å². The number of nitrogens with zero attached hydrogens (tertiary/aromatic N) is 3. The van der Waals surface area contributed by atoms with Crippen molar-refractivity contribution < 1.29 is 9.53 Å². The molecule has 1 N–H and O–H groups in total. The molecule has 1 aromatic heterocycles. The molecule has 3 aromatic rings. The van der Waals surface area contributed by atoms with E-state index in [2.05, 4.69) is 29.0 Å². The number of carbonyl (C=O) groups excluding carboxylic acids is 1. The minimum Gasteiger partial charge on any atom is -0.458 e. The van der Waals surface area contributed by atoms with E-state index in [9.17, 15) is 4.79 Å². The van der Waals surface area contributed by atoms with Crippen LogP contribution in [-0.2, 0) is 15.3 Å². The predicted octanol–water partition coefficient (Wildman–Crippen LogP) is 4.90. The Kier molecular flexibility index (Phi) is 6.23. The summed E-state index contributed by atoms with van der Waals surface area (Å²) in [6, 6.07) is 17.8. The van der Waals surface area contributed by atoms with E-state index in [1.54, 1.807) is 22.5 Å². The van der Waals surface area contributed by atoms with Gasteiger partial charge in [0, 0.05) is 11.4 Å². The van der Waals surface area contributed by atoms with Crippen molar-refractivity contribution in [1.29, 1.82) is 0 Å². The number of ether oxygens (including phenoxy) is 1. The Hall–Kier alpha value is -3.32. The van der Waals surface area contributed by atoms with Crippen molar-refractivity contribution in [3.8, 4) is 0 Å². The number of hydrogen-bond acceptors (Lipinski definition) is 6. The SMILES string of the molecule is C=CCOC(=O)C1=C(C)Nc2nc(SCc3ccccc3)nn2[C@@H]1c1ccccc1C. The van der Waals surface area contributed by atoms with E-state index < -0.39 is 12.0 Å². The Labute approximate surface area is 186 Å². The quantitative estimate of drug-likeness (QED) is 0.325. The van der Waals surface area contributed by atoms with Crippen molar-refractivity contribution in [2.24, 2.45) is 0 Å². The maximum absolute atomic E-state index is 13.0. The maximum Gasteiger partial charge on any atom is 0.338 e. The fourth-order valence-electron chi connectivity index (χ4n) is 3.57. The minimum absolute atomic E-state index is 0.151. The third-order valence-electron chi connectivity index (χ3n) is 5.08. The van der Waals surface area contributed by atoms with Crippen molar-refractivity contribution in [2.75, 3.05) is 11.9 Å². The van der Waals surface area contributed by atoms with Crippen LogP contribution >= 0.6 is 11.8 Å². The summed E-state index contributed by atoms with van der Waals surface area (Å²) in [5.41, 5.74) is 4.48. The zero-order valence-electron chi connectivity index (χ0n) is 17.5. The Morgan fingerprint density at radius 3 is 2.68 bits per heavy atom. The number of nitrogens with one attached hydrogen (secondary N) is 1. The monoisotopic (exact) mass is 432 g/mol. The zero-order valence-corrected chi connectivity index (χ0v) is 18.4. The first-order chi connectivity index (χ1) is 15.1. The van der Waals surface area contributed by atoms with E-state index in [1.165, 1.54) is 5.56 Å². The van der Waals surface area contributed by atoms with Crippen LogP contribution in [0.5, 0.6) is 0 Å². The number of allylic oxidation sites excluding steroid dienone is 1. The van der Waals surface area contributed by atoms with Crippen LogP contribution in [0.15, 0.2) is 83.7 Å². The highest BCUT2D eigenvalue weighted by Gasteiger charge is 2.35. The summed E-state index contributed by atoms with van der Waals surface area (Å²) in [6.07, 6.45) is 1.56. The van der Waals surface area contributed by atoms with Crippen LogP contribution in [0.4, 0.5) is 5.95 Å². The van der Waals surface area contributed by atoms with E-state index in [-0.39, 0.29) is 6.61 Å². The van der Waals surface area contributed by atoms with Crippen molar-refractivity contribution in [2.45, 2.75) is 30.8 Å². The number of esters is 1. The van der Waals surface area contributed by atoms with E-state index >= 15 is 0 Å². The number of benzene rings is 2. The molecule has 0 unspecified atom stereocenters. The standard InChI is InChI=1S/C24H24N4O2S/c1-4-14-30-22(29)20-17(3)25-23-26-24(31-15-18-11-6-5-7-12-18)27-28(23)21(20)19-13-9-8-10-16(19)2/h4-13,21H,1,14-15H2,2-3H3,(H,25,26,27)/t21-/m1/s1. The lowest BCUT2D eigenvalue weighted by Crippen LogP contribution is -2.30. The summed E-state index contributed by atoms with van der Waals surface area (Å²) < 4.78 is 7.18. The van der Waals surface area contributed by atoms with Crippen LogP contribution in [0.1, 0.15) is 29.7 Å². The van der Waals surface area contributed by atoms with Gasteiger partial charge in [-0.2, -0.15) is 4.98 Å². The van der Waals surface area contributed by atoms with Gasteiger partial charge < -0.3 is 10.1 Å². The highest BCUT2D eigenvalue weighted by molar-refractivity contribution is 7.98. The number of carbonyl (C=O) groups is 1. The fraction of sp³-hybridized carbons (Fsp3) is 0.208. The first-order valence-electron chi connectivity index (χ1n) is 10.0. The van der Waals surface area contributed by atoms with Crippen molar-refractivity contribution >= 4 is 23.7 Å². The molecule has 7 heteroatoms. The molecule has 0 fully saturated rings. The number of thioether (sulfide) groups is 1. The van der Waals surface area contributed by atoms with Gasteiger partial charge in [-0.05, 0) is 30.5 Å². The molecule has 1 aliphatic heterocycles. The first kappa shape index (κ1) is 20.9. The van der Waals surface area contributed by atoms with Gasteiger partial charge in [0.1, 0.15) is 12.6 Å². The second-order valence-electron chi connectivity index (χ2n) is 7.25. The number of hydrogen-bond donors (Lipinski definition) is 1. The molecule has 31 heavy (non-hydrogen) atoms. The third kappa shape index (κ3) is 4.41. The van der Waals surface area contributed by atoms with Crippen molar-refractivity contribution in [1.82, 2.24) is 14.8 Å². The van der Waals surface area contributed by atoms with Gasteiger partial charge >= 0.3 is 5.97 Å². The summed E-state index contributed by atoms with van der Waals surface area (Å²) in [6.45, 7) is 7.68. The summed E-state index contributed by atoms with van der Waals surface area (Å²) in [5, 5.41) is 8.64. The third-order valence-corrected chi connectivity index (χ3v) is 5.99. The molecular weight excluding hydrogens is 408 g/mol. The molecule has 0 aliphatic carbocycles. The van der Waals surface area contributed by atoms with Crippen molar-refractivity contribution in [3.05, 3.63) is 95.2 Å². The highest BCUT2D eigenvalue weighted by Crippen LogP contribution is 2.38. The topological polar surface area (TPSA) is 69.0 Å². The lowest BCUT2D eigenvalue weighted by Gasteiger charge is -2.29. The van der Waals surface area contributed by atoms with E-state index in [0.717, 1.165) is 16.9 Å². The van der Waals surface area contributed by atoms with Gasteiger partial charge in [0.05, 0.1) is 5.57 Å². The van der Waals surface area contributed by atoms with E-state index in [0.29, 0.717) is 22.4 Å². The van der Waals surface area contributed by atoms with Gasteiger partial charge in [0.2, 0.25) is 11.1 Å². The molecule has 0 bridgehead atoms. The number of anilines is 1. The molecule has 2 aromatic carbocycles. The van der Waals surface area contributed by atoms with Crippen LogP contribution in [-0.4, -0.2) is 27.3 Å². The van der Waals surface area contributed by atoms with Gasteiger partial charge in [-0.3, -0.25) is 0 Å². The van der Waals surface area contributed by atoms with Crippen LogP contribution < -0.4 is 5.32 Å². The van der Waals surface area contributed by atoms with Gasteiger partial charge in [0.15, 0.2) is 0 Å². The molecule has 0 radical (unpaired) electrons. The summed E-state index contributed by atoms with van der Waals surface area (Å²) >= 11 is 1.56. The Bertz CT molecular complexity index is 1140. The van der Waals surface area contributed by atoms with Crippen LogP contribution in [0.25, 0.3) is 0 Å². The Balaban J connectivity index is 1.71. The Morgan fingerprint density at radius 2 is 1.94 bits per heavy atom. The first-order valence-corrected chi connectivity index (χ1v) is 11.0. The van der Waals surface area contributed by atoms with Crippen LogP contribution in [0.3, 0.4) is 0 Å². The molecule has 0 saturated heterocycles. The molecule has 1 atom stereocenters. The molecule has 1 aliphatic rings. The van der Waals surface area contributed by atoms with E-state index in [1.807, 2.05) is 56.3 Å². The molecule has 2 heterocycles. The van der Waals surface area contributed by atoms with Gasteiger partial charge in [0.25, 0.3) is 0 Å². The average Bonchev–Trinajstić information content (AvgIpc) is 3.19. The van der Waals surface area contributed by atoms with Gasteiger partial charge in [-0.25, -0.2) is 9.48 Å². The lowest BCUT2D eigenvalue weighted by molar-refractivity contribution is -0.138. The molecule has 0 amide bonds. The minimum atomic E-state index is -0.423. The fourth-order valence-corrected chi connectivity index (χ4v) is 4.36. The number of fused-ring (bicyclic) bond motifs is 1. The molecule has 158 valence electrons. The summed E-state index contributed by atoms with van der Waals surface area (Å²) in [4.78, 5) is 17.6. The average molecular weight is 433 g/mol. The number of aryl methyl sites for hydroxylation is 1. The normalized spacial score (nSPS) is 15.2. The largest absolute Gasteiger partial charge is 0.458 e. The summed E-state index contributed by atoms with van der Waals surface area (Å²) in [5.74, 6) is 0.986. The van der Waals surface area contributed by atoms with E-state index in [4.69, 9.17) is 9.84 Å². The maximum atomic E-state index is 13.0. The van der Waals surface area contributed by atoms with Crippen LogP contribution in [0.2, 0.25) is 0 Å². The summed E-state index contributed by atoms with van der Waals surface area (Å²) in [7, 11) is 0. The Morgan fingerprint density at radius 1 is 1.19 bits per heavy atom. The smallest absolute Gasteiger partial charge is 0.338 e.